The Morgan fingerprint density at radius 1 is 1.21 bits per heavy atom. The first-order valence-electron chi connectivity index (χ1n) is 6.10. The number of carbonyl (C=O) groups is 3. The lowest BCUT2D eigenvalue weighted by atomic mass is 10.0. The Labute approximate surface area is 113 Å². The third kappa shape index (κ3) is 4.42. The van der Waals surface area contributed by atoms with E-state index in [0.29, 0.717) is 0 Å². The third-order valence-electron chi connectivity index (χ3n) is 2.74. The van der Waals surface area contributed by atoms with Gasteiger partial charge in [-0.15, -0.1) is 0 Å². The van der Waals surface area contributed by atoms with Crippen LogP contribution in [0.1, 0.15) is 27.7 Å². The number of carbonyl (C=O) groups excluding carboxylic acids is 2. The van der Waals surface area contributed by atoms with Crippen LogP contribution in [0.15, 0.2) is 0 Å². The summed E-state index contributed by atoms with van der Waals surface area (Å²) in [5, 5.41) is 9.14. The fourth-order valence-electron chi connectivity index (χ4n) is 1.56. The highest BCUT2D eigenvalue weighted by Gasteiger charge is 2.38. The second kappa shape index (κ2) is 6.96. The van der Waals surface area contributed by atoms with E-state index in [-0.39, 0.29) is 19.7 Å². The van der Waals surface area contributed by atoms with Crippen LogP contribution in [0.2, 0.25) is 0 Å². The normalized spacial score (nSPS) is 10.8. The fraction of sp³-hybridized carbons (Fsp3) is 0.750. The molecule has 19 heavy (non-hydrogen) atoms. The van der Waals surface area contributed by atoms with Gasteiger partial charge < -0.3 is 19.6 Å². The predicted molar refractivity (Wildman–Crippen MR) is 68.8 cm³/mol. The number of amides is 2. The first-order chi connectivity index (χ1) is 8.68. The minimum Gasteiger partial charge on any atom is -0.480 e. The van der Waals surface area contributed by atoms with E-state index in [1.54, 1.807) is 13.8 Å². The van der Waals surface area contributed by atoms with Crippen LogP contribution in [0.5, 0.6) is 0 Å². The highest BCUT2D eigenvalue weighted by atomic mass is 16.5. The molecule has 7 heteroatoms. The van der Waals surface area contributed by atoms with Crippen molar-refractivity contribution in [1.29, 1.82) is 0 Å². The van der Waals surface area contributed by atoms with E-state index in [1.165, 1.54) is 25.8 Å². The number of hydrogen-bond acceptors (Lipinski definition) is 4. The lowest BCUT2D eigenvalue weighted by molar-refractivity contribution is -0.147. The summed E-state index contributed by atoms with van der Waals surface area (Å²) in [5.74, 6) is -1.63. The van der Waals surface area contributed by atoms with E-state index in [1.807, 2.05) is 0 Å². The summed E-state index contributed by atoms with van der Waals surface area (Å²) in [5.41, 5.74) is -1.34. The molecule has 0 spiro atoms. The number of aliphatic carboxylic acids is 1. The minimum absolute atomic E-state index is 0.209. The highest BCUT2D eigenvalue weighted by Crippen LogP contribution is 2.16. The SMILES string of the molecule is CCOC(=O)CN(C)C(=O)N(CC)C(C)(C)C(=O)O. The molecule has 0 aliphatic heterocycles. The van der Waals surface area contributed by atoms with Gasteiger partial charge in [0.1, 0.15) is 12.1 Å². The average Bonchev–Trinajstić information content (AvgIpc) is 2.29. The van der Waals surface area contributed by atoms with Gasteiger partial charge in [0.05, 0.1) is 6.61 Å². The summed E-state index contributed by atoms with van der Waals surface area (Å²) in [6.07, 6.45) is 0. The van der Waals surface area contributed by atoms with Gasteiger partial charge in [0.15, 0.2) is 0 Å². The number of rotatable bonds is 6. The summed E-state index contributed by atoms with van der Waals surface area (Å²) < 4.78 is 4.74. The summed E-state index contributed by atoms with van der Waals surface area (Å²) in [6, 6.07) is -0.525. The number of nitrogens with zero attached hydrogens (tertiary/aromatic N) is 2. The van der Waals surface area contributed by atoms with Gasteiger partial charge in [-0.3, -0.25) is 4.79 Å². The van der Waals surface area contributed by atoms with Crippen LogP contribution >= 0.6 is 0 Å². The summed E-state index contributed by atoms with van der Waals surface area (Å²) in [6.45, 7) is 6.49. The zero-order valence-electron chi connectivity index (χ0n) is 12.1. The average molecular weight is 274 g/mol. The van der Waals surface area contributed by atoms with E-state index in [4.69, 9.17) is 9.84 Å². The molecule has 110 valence electrons. The molecule has 0 saturated carbocycles. The van der Waals surface area contributed by atoms with Crippen molar-refractivity contribution in [2.75, 3.05) is 26.7 Å². The molecule has 0 aliphatic rings. The molecule has 0 aliphatic carbocycles. The Hall–Kier alpha value is -1.79. The van der Waals surface area contributed by atoms with E-state index in [0.717, 1.165) is 4.90 Å². The molecule has 0 radical (unpaired) electrons. The van der Waals surface area contributed by atoms with Gasteiger partial charge >= 0.3 is 18.0 Å². The lowest BCUT2D eigenvalue weighted by Gasteiger charge is -2.36. The van der Waals surface area contributed by atoms with Crippen molar-refractivity contribution < 1.29 is 24.2 Å². The Morgan fingerprint density at radius 3 is 2.11 bits per heavy atom. The van der Waals surface area contributed by atoms with Crippen molar-refractivity contribution in [2.24, 2.45) is 0 Å². The number of likely N-dealkylation sites (N-methyl/N-ethyl adjacent to an activating group) is 2. The van der Waals surface area contributed by atoms with Crippen LogP contribution in [-0.2, 0) is 14.3 Å². The molecule has 2 amide bonds. The molecule has 0 fully saturated rings. The smallest absolute Gasteiger partial charge is 0.329 e. The number of esters is 1. The fourth-order valence-corrected chi connectivity index (χ4v) is 1.56. The second-order valence-electron chi connectivity index (χ2n) is 4.55. The lowest BCUT2D eigenvalue weighted by Crippen LogP contribution is -2.56. The molecule has 0 aromatic heterocycles. The number of urea groups is 1. The maximum absolute atomic E-state index is 12.1. The Morgan fingerprint density at radius 2 is 1.74 bits per heavy atom. The third-order valence-corrected chi connectivity index (χ3v) is 2.74. The Bertz CT molecular complexity index is 354. The predicted octanol–water partition coefficient (Wildman–Crippen LogP) is 0.786. The first kappa shape index (κ1) is 17.2. The van der Waals surface area contributed by atoms with Gasteiger partial charge in [-0.1, -0.05) is 0 Å². The van der Waals surface area contributed by atoms with Gasteiger partial charge in [-0.2, -0.15) is 0 Å². The van der Waals surface area contributed by atoms with Crippen molar-refractivity contribution in [1.82, 2.24) is 9.80 Å². The van der Waals surface area contributed by atoms with Crippen LogP contribution in [0.25, 0.3) is 0 Å². The molecule has 0 aromatic carbocycles. The molecular weight excluding hydrogens is 252 g/mol. The topological polar surface area (TPSA) is 87.2 Å². The number of hydrogen-bond donors (Lipinski definition) is 1. The molecule has 0 saturated heterocycles. The molecule has 0 heterocycles. The van der Waals surface area contributed by atoms with Gasteiger partial charge in [-0.25, -0.2) is 9.59 Å². The highest BCUT2D eigenvalue weighted by molar-refractivity contribution is 5.87. The summed E-state index contributed by atoms with van der Waals surface area (Å²) in [4.78, 5) is 37.0. The van der Waals surface area contributed by atoms with E-state index < -0.39 is 23.5 Å². The van der Waals surface area contributed by atoms with Crippen molar-refractivity contribution in [3.05, 3.63) is 0 Å². The van der Waals surface area contributed by atoms with Crippen molar-refractivity contribution in [3.8, 4) is 0 Å². The molecule has 7 nitrogen and oxygen atoms in total. The maximum atomic E-state index is 12.1. The van der Waals surface area contributed by atoms with Crippen molar-refractivity contribution in [2.45, 2.75) is 33.2 Å². The van der Waals surface area contributed by atoms with Crippen LogP contribution < -0.4 is 0 Å². The first-order valence-corrected chi connectivity index (χ1v) is 6.10. The summed E-state index contributed by atoms with van der Waals surface area (Å²) in [7, 11) is 1.43. The second-order valence-corrected chi connectivity index (χ2v) is 4.55. The quantitative estimate of drug-likeness (QED) is 0.723. The van der Waals surface area contributed by atoms with E-state index >= 15 is 0 Å². The number of ether oxygens (including phenoxy) is 1. The van der Waals surface area contributed by atoms with Gasteiger partial charge in [0, 0.05) is 13.6 Å². The molecule has 0 aromatic rings. The van der Waals surface area contributed by atoms with Gasteiger partial charge in [0.25, 0.3) is 0 Å². The summed E-state index contributed by atoms with van der Waals surface area (Å²) >= 11 is 0. The van der Waals surface area contributed by atoms with Crippen molar-refractivity contribution in [3.63, 3.8) is 0 Å². The molecule has 1 N–H and O–H groups in total. The zero-order valence-corrected chi connectivity index (χ0v) is 12.1. The van der Waals surface area contributed by atoms with Gasteiger partial charge in [-0.05, 0) is 27.7 Å². The largest absolute Gasteiger partial charge is 0.480 e. The molecular formula is C12H22N2O5. The Balaban J connectivity index is 4.85. The zero-order chi connectivity index (χ0) is 15.2. The molecule has 0 atom stereocenters. The van der Waals surface area contributed by atoms with Crippen LogP contribution in [0.3, 0.4) is 0 Å². The van der Waals surface area contributed by atoms with E-state index in [2.05, 4.69) is 0 Å². The standard InChI is InChI=1S/C12H22N2O5/c1-6-14(12(3,4)10(16)17)11(18)13(5)8-9(15)19-7-2/h6-8H2,1-5H3,(H,16,17). The van der Waals surface area contributed by atoms with Gasteiger partial charge in [0.2, 0.25) is 0 Å². The van der Waals surface area contributed by atoms with E-state index in [9.17, 15) is 14.4 Å². The maximum Gasteiger partial charge on any atom is 0.329 e. The Kier molecular flexibility index (Phi) is 6.31. The van der Waals surface area contributed by atoms with Crippen LogP contribution in [-0.4, -0.2) is 65.2 Å². The molecule has 0 unspecified atom stereocenters. The van der Waals surface area contributed by atoms with Crippen molar-refractivity contribution >= 4 is 18.0 Å². The minimum atomic E-state index is -1.34. The number of carboxylic acid groups (broad SMARTS) is 1. The molecule has 0 rings (SSSR count). The van der Waals surface area contributed by atoms with Crippen LogP contribution in [0.4, 0.5) is 4.79 Å². The van der Waals surface area contributed by atoms with Crippen LogP contribution in [0, 0.1) is 0 Å². The molecule has 0 bridgehead atoms. The monoisotopic (exact) mass is 274 g/mol. The number of carboxylic acids is 1.